The number of carboxylic acid groups (broad SMARTS) is 1. The fourth-order valence-electron chi connectivity index (χ4n) is 2.25. The summed E-state index contributed by atoms with van der Waals surface area (Å²) in [6.45, 7) is 9.83. The predicted molar refractivity (Wildman–Crippen MR) is 83.6 cm³/mol. The molecule has 118 valence electrons. The quantitative estimate of drug-likeness (QED) is 0.808. The largest absolute Gasteiger partial charge is 0.477 e. The topological polar surface area (TPSA) is 79.3 Å². The third-order valence-corrected chi connectivity index (χ3v) is 5.00. The fraction of sp³-hybridized carbons (Fsp3) is 0.667. The molecule has 6 heteroatoms. The Morgan fingerprint density at radius 2 is 1.95 bits per heavy atom. The van der Waals surface area contributed by atoms with Crippen LogP contribution >= 0.6 is 11.3 Å². The van der Waals surface area contributed by atoms with Gasteiger partial charge in [-0.1, -0.05) is 27.2 Å². The minimum absolute atomic E-state index is 0.00669. The van der Waals surface area contributed by atoms with Crippen LogP contribution in [0.15, 0.2) is 0 Å². The Balaban J connectivity index is 2.68. The molecule has 21 heavy (non-hydrogen) atoms. The Kier molecular flexibility index (Phi) is 6.33. The highest BCUT2D eigenvalue weighted by Crippen LogP contribution is 2.24. The van der Waals surface area contributed by atoms with Crippen molar-refractivity contribution in [2.45, 2.75) is 53.5 Å². The second-order valence-electron chi connectivity index (χ2n) is 5.68. The highest BCUT2D eigenvalue weighted by molar-refractivity contribution is 7.13. The Labute approximate surface area is 129 Å². The van der Waals surface area contributed by atoms with Gasteiger partial charge >= 0.3 is 5.97 Å². The molecule has 0 saturated carbocycles. The first-order valence-corrected chi connectivity index (χ1v) is 8.07. The zero-order valence-corrected chi connectivity index (χ0v) is 14.1. The fourth-order valence-corrected chi connectivity index (χ4v) is 3.16. The van der Waals surface area contributed by atoms with Crippen molar-refractivity contribution >= 4 is 23.2 Å². The first-order chi connectivity index (χ1) is 9.76. The molecule has 2 N–H and O–H groups in total. The maximum atomic E-state index is 12.1. The van der Waals surface area contributed by atoms with E-state index in [0.29, 0.717) is 29.0 Å². The van der Waals surface area contributed by atoms with Crippen LogP contribution in [0.3, 0.4) is 0 Å². The van der Waals surface area contributed by atoms with Crippen LogP contribution in [0, 0.1) is 18.8 Å². The molecular weight excluding hydrogens is 288 g/mol. The molecule has 2 unspecified atom stereocenters. The summed E-state index contributed by atoms with van der Waals surface area (Å²) in [5, 5.41) is 12.6. The third kappa shape index (κ3) is 4.81. The summed E-state index contributed by atoms with van der Waals surface area (Å²) in [6, 6.07) is -0.265. The van der Waals surface area contributed by atoms with Gasteiger partial charge in [-0.2, -0.15) is 0 Å². The molecule has 1 aromatic rings. The summed E-state index contributed by atoms with van der Waals surface area (Å²) in [6.07, 6.45) is 1.47. The molecular formula is C15H24N2O3S. The van der Waals surface area contributed by atoms with Gasteiger partial charge in [-0.05, 0) is 25.7 Å². The van der Waals surface area contributed by atoms with E-state index in [4.69, 9.17) is 5.11 Å². The maximum Gasteiger partial charge on any atom is 0.347 e. The van der Waals surface area contributed by atoms with Crippen molar-refractivity contribution in [1.29, 1.82) is 0 Å². The molecule has 0 saturated heterocycles. The molecule has 1 heterocycles. The van der Waals surface area contributed by atoms with E-state index in [-0.39, 0.29) is 16.8 Å². The second kappa shape index (κ2) is 7.54. The number of aromatic nitrogens is 1. The van der Waals surface area contributed by atoms with Crippen molar-refractivity contribution in [3.05, 3.63) is 15.6 Å². The van der Waals surface area contributed by atoms with Crippen LogP contribution < -0.4 is 5.32 Å². The van der Waals surface area contributed by atoms with Crippen molar-refractivity contribution in [3.63, 3.8) is 0 Å². The lowest BCUT2D eigenvalue weighted by Crippen LogP contribution is -2.29. The summed E-state index contributed by atoms with van der Waals surface area (Å²) in [5.41, 5.74) is 0.497. The van der Waals surface area contributed by atoms with Crippen molar-refractivity contribution < 1.29 is 14.7 Å². The number of amides is 1. The lowest BCUT2D eigenvalue weighted by atomic mass is 9.90. The molecule has 2 atom stereocenters. The van der Waals surface area contributed by atoms with E-state index in [0.717, 1.165) is 17.8 Å². The number of thiazole rings is 1. The van der Waals surface area contributed by atoms with Crippen LogP contribution in [-0.2, 0) is 4.79 Å². The summed E-state index contributed by atoms with van der Waals surface area (Å²) in [5.74, 6) is -0.144. The maximum absolute atomic E-state index is 12.1. The molecule has 1 amide bonds. The number of nitrogens with zero attached hydrogens (tertiary/aromatic N) is 1. The van der Waals surface area contributed by atoms with Crippen molar-refractivity contribution in [2.24, 2.45) is 11.8 Å². The molecule has 0 spiro atoms. The molecule has 0 bridgehead atoms. The Hall–Kier alpha value is -1.43. The van der Waals surface area contributed by atoms with Gasteiger partial charge < -0.3 is 10.4 Å². The van der Waals surface area contributed by atoms with Crippen LogP contribution in [0.4, 0.5) is 0 Å². The number of rotatable bonds is 7. The third-order valence-electron chi connectivity index (χ3n) is 3.67. The number of hydrogen-bond donors (Lipinski definition) is 2. The highest BCUT2D eigenvalue weighted by atomic mass is 32.1. The first kappa shape index (κ1) is 17.6. The van der Waals surface area contributed by atoms with E-state index in [9.17, 15) is 9.59 Å². The van der Waals surface area contributed by atoms with Gasteiger partial charge in [-0.15, -0.1) is 11.3 Å². The van der Waals surface area contributed by atoms with Gasteiger partial charge in [0.2, 0.25) is 5.91 Å². The number of aromatic carboxylic acids is 1. The van der Waals surface area contributed by atoms with Crippen molar-refractivity contribution in [2.75, 3.05) is 0 Å². The molecule has 0 radical (unpaired) electrons. The zero-order valence-electron chi connectivity index (χ0n) is 13.3. The SMILES string of the molecule is CCC(CC(=O)NC(C)c1nc(C)c(C(=O)O)s1)C(C)C. The van der Waals surface area contributed by atoms with E-state index < -0.39 is 5.97 Å². The van der Waals surface area contributed by atoms with E-state index >= 15 is 0 Å². The molecule has 5 nitrogen and oxygen atoms in total. The average Bonchev–Trinajstić information content (AvgIpc) is 2.77. The highest BCUT2D eigenvalue weighted by Gasteiger charge is 2.21. The van der Waals surface area contributed by atoms with E-state index in [1.807, 2.05) is 6.92 Å². The molecule has 1 aromatic heterocycles. The number of hydrogen-bond acceptors (Lipinski definition) is 4. The monoisotopic (exact) mass is 312 g/mol. The summed E-state index contributed by atoms with van der Waals surface area (Å²) < 4.78 is 0. The molecule has 0 aliphatic heterocycles. The van der Waals surface area contributed by atoms with Crippen molar-refractivity contribution in [3.8, 4) is 0 Å². The number of carbonyl (C=O) groups excluding carboxylic acids is 1. The van der Waals surface area contributed by atoms with E-state index in [1.54, 1.807) is 6.92 Å². The van der Waals surface area contributed by atoms with Gasteiger partial charge in [0, 0.05) is 6.42 Å². The van der Waals surface area contributed by atoms with E-state index in [1.165, 1.54) is 0 Å². The number of carbonyl (C=O) groups is 2. The number of carboxylic acids is 1. The molecule has 0 fully saturated rings. The molecule has 0 aromatic carbocycles. The van der Waals surface area contributed by atoms with Gasteiger partial charge in [0.25, 0.3) is 0 Å². The lowest BCUT2D eigenvalue weighted by Gasteiger charge is -2.19. The Morgan fingerprint density at radius 1 is 1.33 bits per heavy atom. The summed E-state index contributed by atoms with van der Waals surface area (Å²) in [4.78, 5) is 27.6. The number of nitrogens with one attached hydrogen (secondary N) is 1. The summed E-state index contributed by atoms with van der Waals surface area (Å²) in [7, 11) is 0. The standard InChI is InChI=1S/C15H24N2O3S/c1-6-11(8(2)3)7-12(18)16-10(5)14-17-9(4)13(21-14)15(19)20/h8,10-11H,6-7H2,1-5H3,(H,16,18)(H,19,20). The zero-order chi connectivity index (χ0) is 16.2. The molecule has 0 aliphatic carbocycles. The minimum Gasteiger partial charge on any atom is -0.477 e. The average molecular weight is 312 g/mol. The smallest absolute Gasteiger partial charge is 0.347 e. The van der Waals surface area contributed by atoms with Crippen LogP contribution in [0.5, 0.6) is 0 Å². The van der Waals surface area contributed by atoms with Crippen LogP contribution in [-0.4, -0.2) is 22.0 Å². The van der Waals surface area contributed by atoms with Gasteiger partial charge in [0.05, 0.1) is 11.7 Å². The summed E-state index contributed by atoms with van der Waals surface area (Å²) >= 11 is 1.12. The van der Waals surface area contributed by atoms with Gasteiger partial charge in [0.1, 0.15) is 9.88 Å². The van der Waals surface area contributed by atoms with Crippen molar-refractivity contribution in [1.82, 2.24) is 10.3 Å². The van der Waals surface area contributed by atoms with Crippen LogP contribution in [0.2, 0.25) is 0 Å². The van der Waals surface area contributed by atoms with Gasteiger partial charge in [-0.25, -0.2) is 9.78 Å². The predicted octanol–water partition coefficient (Wildman–Crippen LogP) is 3.40. The minimum atomic E-state index is -0.972. The van der Waals surface area contributed by atoms with Crippen LogP contribution in [0.1, 0.15) is 67.0 Å². The van der Waals surface area contributed by atoms with Gasteiger partial charge in [0.15, 0.2) is 0 Å². The first-order valence-electron chi connectivity index (χ1n) is 7.26. The molecule has 0 aliphatic rings. The molecule has 1 rings (SSSR count). The van der Waals surface area contributed by atoms with Crippen LogP contribution in [0.25, 0.3) is 0 Å². The van der Waals surface area contributed by atoms with E-state index in [2.05, 4.69) is 31.1 Å². The second-order valence-corrected chi connectivity index (χ2v) is 6.71. The lowest BCUT2D eigenvalue weighted by molar-refractivity contribution is -0.123. The Morgan fingerprint density at radius 3 is 2.38 bits per heavy atom. The Bertz CT molecular complexity index is 511. The normalized spacial score (nSPS) is 14.0. The van der Waals surface area contributed by atoms with Gasteiger partial charge in [-0.3, -0.25) is 4.79 Å². The number of aryl methyl sites for hydroxylation is 1.